The summed E-state index contributed by atoms with van der Waals surface area (Å²) in [5.74, 6) is -0.119. The quantitative estimate of drug-likeness (QED) is 0.680. The molecule has 1 N–H and O–H groups in total. The van der Waals surface area contributed by atoms with E-state index in [1.807, 2.05) is 61.5 Å². The van der Waals surface area contributed by atoms with Crippen LogP contribution in [0, 0.1) is 0 Å². The van der Waals surface area contributed by atoms with Crippen molar-refractivity contribution in [1.82, 2.24) is 5.32 Å². The fourth-order valence-electron chi connectivity index (χ4n) is 2.11. The largest absolute Gasteiger partial charge is 0.493 e. The van der Waals surface area contributed by atoms with Gasteiger partial charge in [0.25, 0.3) is 5.91 Å². The number of nitrogens with one attached hydrogen (secondary N) is 1. The van der Waals surface area contributed by atoms with Gasteiger partial charge in [0.15, 0.2) is 6.61 Å². The van der Waals surface area contributed by atoms with Crippen LogP contribution < -0.4 is 10.1 Å². The van der Waals surface area contributed by atoms with Gasteiger partial charge in [0.2, 0.25) is 0 Å². The first kappa shape index (κ1) is 19.0. The zero-order valence-corrected chi connectivity index (χ0v) is 15.5. The van der Waals surface area contributed by atoms with E-state index in [9.17, 15) is 9.59 Å². The van der Waals surface area contributed by atoms with Crippen LogP contribution in [0.5, 0.6) is 5.75 Å². The molecule has 2 rings (SSSR count). The maximum Gasteiger partial charge on any atom is 0.309 e. The molecular formula is C19H20BrNO4. The van der Waals surface area contributed by atoms with Crippen LogP contribution in [0.2, 0.25) is 0 Å². The number of amides is 1. The lowest BCUT2D eigenvalue weighted by atomic mass is 10.1. The van der Waals surface area contributed by atoms with Gasteiger partial charge in [0.05, 0.1) is 19.1 Å². The van der Waals surface area contributed by atoms with E-state index in [1.165, 1.54) is 0 Å². The molecule has 0 radical (unpaired) electrons. The van der Waals surface area contributed by atoms with Crippen molar-refractivity contribution in [3.05, 3.63) is 64.6 Å². The first-order chi connectivity index (χ1) is 12.0. The summed E-state index contributed by atoms with van der Waals surface area (Å²) in [6, 6.07) is 16.7. The van der Waals surface area contributed by atoms with Crippen molar-refractivity contribution in [2.75, 3.05) is 13.2 Å². The van der Waals surface area contributed by atoms with Crippen molar-refractivity contribution in [3.8, 4) is 5.75 Å². The van der Waals surface area contributed by atoms with Gasteiger partial charge in [0, 0.05) is 4.47 Å². The Hall–Kier alpha value is -2.34. The number of para-hydroxylation sites is 1. The van der Waals surface area contributed by atoms with Crippen molar-refractivity contribution in [3.63, 3.8) is 0 Å². The molecule has 1 amide bonds. The Balaban J connectivity index is 1.65. The average Bonchev–Trinajstić information content (AvgIpc) is 2.61. The molecule has 0 aromatic heterocycles. The average molecular weight is 406 g/mol. The summed E-state index contributed by atoms with van der Waals surface area (Å²) in [5.41, 5.74) is 0.971. The van der Waals surface area contributed by atoms with Gasteiger partial charge < -0.3 is 14.8 Å². The third-order valence-electron chi connectivity index (χ3n) is 3.43. The molecule has 1 unspecified atom stereocenters. The van der Waals surface area contributed by atoms with Gasteiger partial charge in [0.1, 0.15) is 5.75 Å². The summed E-state index contributed by atoms with van der Waals surface area (Å²) < 4.78 is 11.3. The molecule has 0 bridgehead atoms. The number of benzene rings is 2. The second-order valence-electron chi connectivity index (χ2n) is 5.41. The summed E-state index contributed by atoms with van der Waals surface area (Å²) in [4.78, 5) is 23.5. The van der Waals surface area contributed by atoms with Crippen LogP contribution in [0.1, 0.15) is 24.9 Å². The fraction of sp³-hybridized carbons (Fsp3) is 0.263. The molecule has 1 atom stereocenters. The van der Waals surface area contributed by atoms with Crippen molar-refractivity contribution in [1.29, 1.82) is 0 Å². The zero-order chi connectivity index (χ0) is 18.1. The highest BCUT2D eigenvalue weighted by Gasteiger charge is 2.12. The monoisotopic (exact) mass is 405 g/mol. The highest BCUT2D eigenvalue weighted by atomic mass is 79.9. The number of esters is 1. The molecule has 2 aromatic rings. The summed E-state index contributed by atoms with van der Waals surface area (Å²) in [7, 11) is 0. The number of rotatable bonds is 8. The highest BCUT2D eigenvalue weighted by Crippen LogP contribution is 2.16. The smallest absolute Gasteiger partial charge is 0.309 e. The Bertz CT molecular complexity index is 688. The van der Waals surface area contributed by atoms with Gasteiger partial charge in [-0.25, -0.2) is 0 Å². The van der Waals surface area contributed by atoms with E-state index in [-0.39, 0.29) is 31.6 Å². The normalized spacial score (nSPS) is 11.4. The third-order valence-corrected chi connectivity index (χ3v) is 3.96. The van der Waals surface area contributed by atoms with Crippen molar-refractivity contribution in [2.45, 2.75) is 19.4 Å². The van der Waals surface area contributed by atoms with Crippen LogP contribution >= 0.6 is 15.9 Å². The summed E-state index contributed by atoms with van der Waals surface area (Å²) >= 11 is 3.37. The molecule has 0 spiro atoms. The lowest BCUT2D eigenvalue weighted by Gasteiger charge is -2.14. The van der Waals surface area contributed by atoms with Crippen molar-refractivity contribution < 1.29 is 19.1 Å². The number of ether oxygens (including phenoxy) is 2. The van der Waals surface area contributed by atoms with E-state index < -0.39 is 5.97 Å². The first-order valence-corrected chi connectivity index (χ1v) is 8.72. The second kappa shape index (κ2) is 9.84. The Morgan fingerprint density at radius 2 is 1.76 bits per heavy atom. The minimum atomic E-state index is -0.470. The van der Waals surface area contributed by atoms with Crippen LogP contribution in [-0.4, -0.2) is 25.1 Å². The summed E-state index contributed by atoms with van der Waals surface area (Å²) in [6.07, 6.45) is 0.0877. The molecule has 0 saturated heterocycles. The Morgan fingerprint density at radius 3 is 2.44 bits per heavy atom. The predicted octanol–water partition coefficient (Wildman–Crippen LogP) is 3.64. The second-order valence-corrected chi connectivity index (χ2v) is 6.33. The molecule has 0 aliphatic carbocycles. The standard InChI is InChI=1S/C19H20BrNO4/c1-14(15-7-9-16(20)10-8-15)21-18(22)13-25-19(23)11-12-24-17-5-3-2-4-6-17/h2-10,14H,11-13H2,1H3,(H,21,22). The molecule has 0 saturated carbocycles. The zero-order valence-electron chi connectivity index (χ0n) is 13.9. The van der Waals surface area contributed by atoms with E-state index >= 15 is 0 Å². The molecule has 6 heteroatoms. The number of carbonyl (C=O) groups excluding carboxylic acids is 2. The van der Waals surface area contributed by atoms with Crippen molar-refractivity contribution in [2.24, 2.45) is 0 Å². The maximum absolute atomic E-state index is 11.9. The Morgan fingerprint density at radius 1 is 1.08 bits per heavy atom. The van der Waals surface area contributed by atoms with E-state index in [4.69, 9.17) is 9.47 Å². The number of carbonyl (C=O) groups is 2. The van der Waals surface area contributed by atoms with Crippen molar-refractivity contribution >= 4 is 27.8 Å². The minimum Gasteiger partial charge on any atom is -0.493 e. The van der Waals surface area contributed by atoms with Gasteiger partial charge in [-0.15, -0.1) is 0 Å². The molecule has 0 fully saturated rings. The minimum absolute atomic E-state index is 0.0877. The fourth-order valence-corrected chi connectivity index (χ4v) is 2.37. The SMILES string of the molecule is CC(NC(=O)COC(=O)CCOc1ccccc1)c1ccc(Br)cc1. The van der Waals surface area contributed by atoms with Crippen LogP contribution in [0.3, 0.4) is 0 Å². The van der Waals surface area contributed by atoms with E-state index in [0.717, 1.165) is 10.0 Å². The van der Waals surface area contributed by atoms with E-state index in [1.54, 1.807) is 0 Å². The first-order valence-electron chi connectivity index (χ1n) is 7.93. The van der Waals surface area contributed by atoms with Gasteiger partial charge in [-0.2, -0.15) is 0 Å². The van der Waals surface area contributed by atoms with Gasteiger partial charge in [-0.3, -0.25) is 9.59 Å². The lowest BCUT2D eigenvalue weighted by molar-refractivity contribution is -0.149. The molecular weight excluding hydrogens is 386 g/mol. The molecule has 132 valence electrons. The van der Waals surface area contributed by atoms with E-state index in [2.05, 4.69) is 21.2 Å². The molecule has 2 aromatic carbocycles. The lowest BCUT2D eigenvalue weighted by Crippen LogP contribution is -2.31. The topological polar surface area (TPSA) is 64.6 Å². The Labute approximate surface area is 155 Å². The maximum atomic E-state index is 11.9. The molecule has 25 heavy (non-hydrogen) atoms. The van der Waals surface area contributed by atoms with Gasteiger partial charge >= 0.3 is 5.97 Å². The summed E-state index contributed by atoms with van der Waals surface area (Å²) in [6.45, 7) is 1.78. The van der Waals surface area contributed by atoms with Crippen LogP contribution in [0.15, 0.2) is 59.1 Å². The molecule has 0 aliphatic heterocycles. The summed E-state index contributed by atoms with van der Waals surface area (Å²) in [5, 5.41) is 2.79. The molecule has 0 aliphatic rings. The number of hydrogen-bond donors (Lipinski definition) is 1. The number of halogens is 1. The third kappa shape index (κ3) is 6.97. The molecule has 0 heterocycles. The Kier molecular flexibility index (Phi) is 7.47. The van der Waals surface area contributed by atoms with Crippen LogP contribution in [-0.2, 0) is 14.3 Å². The van der Waals surface area contributed by atoms with Gasteiger partial charge in [-0.1, -0.05) is 46.3 Å². The number of hydrogen-bond acceptors (Lipinski definition) is 4. The van der Waals surface area contributed by atoms with Gasteiger partial charge in [-0.05, 0) is 36.8 Å². The van der Waals surface area contributed by atoms with E-state index in [0.29, 0.717) is 5.75 Å². The van der Waals surface area contributed by atoms with Crippen LogP contribution in [0.4, 0.5) is 0 Å². The van der Waals surface area contributed by atoms with Crippen LogP contribution in [0.25, 0.3) is 0 Å². The predicted molar refractivity (Wildman–Crippen MR) is 98.2 cm³/mol. The molecule has 5 nitrogen and oxygen atoms in total. The highest BCUT2D eigenvalue weighted by molar-refractivity contribution is 9.10.